The Morgan fingerprint density at radius 3 is 2.29 bits per heavy atom. The van der Waals surface area contributed by atoms with E-state index in [0.29, 0.717) is 6.54 Å². The molecular weight excluding hydrogens is 669 g/mol. The molecule has 4 nitrogen and oxygen atoms in total. The van der Waals surface area contributed by atoms with Crippen molar-refractivity contribution >= 4 is 55.9 Å². The fourth-order valence-corrected chi connectivity index (χ4v) is 7.81. The van der Waals surface area contributed by atoms with Gasteiger partial charge in [-0.2, -0.15) is 0 Å². The molecule has 1 atom stereocenters. The fourth-order valence-electron chi connectivity index (χ4n) is 7.81. The van der Waals surface area contributed by atoms with Gasteiger partial charge in [0.05, 0.1) is 23.6 Å². The summed E-state index contributed by atoms with van der Waals surface area (Å²) in [5.74, 6) is 0.196. The van der Waals surface area contributed by atoms with Gasteiger partial charge in [-0.3, -0.25) is 5.01 Å². The van der Waals surface area contributed by atoms with E-state index in [4.69, 9.17) is 0 Å². The Morgan fingerprint density at radius 2 is 1.51 bits per heavy atom. The molecule has 3 aliphatic rings. The number of hydrazine groups is 1. The number of benzene rings is 5. The van der Waals surface area contributed by atoms with Crippen molar-refractivity contribution in [1.82, 2.24) is 5.43 Å². The van der Waals surface area contributed by atoms with Crippen molar-refractivity contribution in [3.8, 4) is 0 Å². The Balaban J connectivity index is 0.00000125. The Kier molecular flexibility index (Phi) is 12.2. The van der Waals surface area contributed by atoms with Crippen molar-refractivity contribution in [1.29, 1.82) is 0 Å². The summed E-state index contributed by atoms with van der Waals surface area (Å²) in [4.78, 5) is 4.91. The fraction of sp³-hybridized carbons (Fsp3) is 0.176. The number of fused-ring (bicyclic) bond motifs is 11. The number of hydrogen-bond acceptors (Lipinski definition) is 4. The van der Waals surface area contributed by atoms with E-state index in [9.17, 15) is 0 Å². The van der Waals surface area contributed by atoms with Gasteiger partial charge in [0.2, 0.25) is 0 Å². The summed E-state index contributed by atoms with van der Waals surface area (Å²) in [6, 6.07) is 37.7. The normalized spacial score (nSPS) is 18.6. The van der Waals surface area contributed by atoms with E-state index in [0.717, 1.165) is 40.4 Å². The predicted molar refractivity (Wildman–Crippen MR) is 242 cm³/mol. The summed E-state index contributed by atoms with van der Waals surface area (Å²) < 4.78 is 0. The predicted octanol–water partition coefficient (Wildman–Crippen LogP) is 13.9. The van der Waals surface area contributed by atoms with Crippen LogP contribution >= 0.6 is 0 Å². The van der Waals surface area contributed by atoms with E-state index in [1.54, 1.807) is 6.08 Å². The lowest BCUT2D eigenvalue weighted by Crippen LogP contribution is -2.38. The van der Waals surface area contributed by atoms with Crippen LogP contribution in [0, 0.1) is 0 Å². The van der Waals surface area contributed by atoms with Gasteiger partial charge in [-0.1, -0.05) is 151 Å². The second kappa shape index (κ2) is 17.4. The first-order valence-corrected chi connectivity index (χ1v) is 19.6. The maximum Gasteiger partial charge on any atom is 0.0657 e. The van der Waals surface area contributed by atoms with Crippen LogP contribution < -0.4 is 20.2 Å². The highest BCUT2D eigenvalue weighted by Gasteiger charge is 2.30. The van der Waals surface area contributed by atoms with Gasteiger partial charge in [0.1, 0.15) is 0 Å². The van der Waals surface area contributed by atoms with Crippen LogP contribution in [0.5, 0.6) is 0 Å². The summed E-state index contributed by atoms with van der Waals surface area (Å²) in [6.45, 7) is 26.6. The van der Waals surface area contributed by atoms with Crippen LogP contribution in [0.25, 0.3) is 27.5 Å². The lowest BCUT2D eigenvalue weighted by molar-refractivity contribution is 0.747. The number of hydrogen-bond donors (Lipinski definition) is 1. The van der Waals surface area contributed by atoms with Crippen LogP contribution in [-0.4, -0.2) is 13.1 Å². The zero-order chi connectivity index (χ0) is 39.1. The highest BCUT2D eigenvalue weighted by atomic mass is 15.5. The number of nitrogens with one attached hydrogen (secondary N) is 1. The Labute approximate surface area is 329 Å². The van der Waals surface area contributed by atoms with Crippen LogP contribution in [0.3, 0.4) is 0 Å². The van der Waals surface area contributed by atoms with E-state index in [1.807, 2.05) is 39.8 Å². The zero-order valence-corrected chi connectivity index (χ0v) is 33.3. The van der Waals surface area contributed by atoms with Gasteiger partial charge < -0.3 is 9.80 Å². The monoisotopic (exact) mass is 722 g/mol. The topological polar surface area (TPSA) is 21.8 Å². The smallest absolute Gasteiger partial charge is 0.0657 e. The van der Waals surface area contributed by atoms with Gasteiger partial charge in [0, 0.05) is 57.8 Å². The molecule has 278 valence electrons. The van der Waals surface area contributed by atoms with E-state index < -0.39 is 0 Å². The maximum absolute atomic E-state index is 4.54. The van der Waals surface area contributed by atoms with Crippen molar-refractivity contribution in [2.75, 3.05) is 27.9 Å². The zero-order valence-electron chi connectivity index (χ0n) is 33.3. The summed E-state index contributed by atoms with van der Waals surface area (Å²) in [5.41, 5.74) is 18.4. The van der Waals surface area contributed by atoms with Crippen molar-refractivity contribution in [2.45, 2.75) is 47.5 Å². The number of nitrogens with zero attached hydrogens (tertiary/aromatic N) is 3. The van der Waals surface area contributed by atoms with Crippen LogP contribution in [-0.2, 0) is 0 Å². The summed E-state index contributed by atoms with van der Waals surface area (Å²) in [6.07, 6.45) is 14.6. The molecule has 0 aliphatic carbocycles. The van der Waals surface area contributed by atoms with Crippen LogP contribution in [0.4, 0.5) is 28.4 Å². The van der Waals surface area contributed by atoms with Gasteiger partial charge in [-0.05, 0) is 77.1 Å². The van der Waals surface area contributed by atoms with Gasteiger partial charge in [0.15, 0.2) is 0 Å². The van der Waals surface area contributed by atoms with Crippen LogP contribution in [0.15, 0.2) is 171 Å². The van der Waals surface area contributed by atoms with E-state index in [1.165, 1.54) is 50.0 Å². The number of allylic oxidation sites excluding steroid dienone is 7. The molecule has 0 fully saturated rings. The standard InChI is InChI=1S/C47H42N4.2C2H6/c1-6-15-37(7-2)51-46-26-24-38(29-43(46)32(3)16-14-27-48-51)49-30-36-31-50(45-22-13-11-19-41(36)45)44-21-12-10-18-39(44)33(4)28-34(5)40-25-23-35-17-8-9-20-42(35)47(40)49;2*1-2/h6-26,28-30,33,48H,1-3,27,31H2,4-5H3;2*1-2H3/b16-14-,34-28+,36-30-,37-15+;;. The molecule has 3 heterocycles. The molecule has 0 saturated heterocycles. The van der Waals surface area contributed by atoms with Crippen LogP contribution in [0.2, 0.25) is 0 Å². The minimum atomic E-state index is 0.196. The van der Waals surface area contributed by atoms with Gasteiger partial charge in [0.25, 0.3) is 0 Å². The SMILES string of the molecule is C=C/C=C(\C=C)N1NC/C=C\C(=C)c2cc(N3/C=C4/CN(c5ccccc54)c4ccccc4C(C)/C=C(\C)c4ccc5ccccc5c43)ccc21.CC.CC. The highest BCUT2D eigenvalue weighted by Crippen LogP contribution is 2.48. The molecule has 2 bridgehead atoms. The third-order valence-electron chi connectivity index (χ3n) is 10.2. The molecule has 0 radical (unpaired) electrons. The summed E-state index contributed by atoms with van der Waals surface area (Å²) in [5, 5.41) is 4.48. The maximum atomic E-state index is 4.54. The molecular formula is C51H54N4. The van der Waals surface area contributed by atoms with Gasteiger partial charge in [-0.25, -0.2) is 5.43 Å². The first kappa shape index (κ1) is 38.6. The van der Waals surface area contributed by atoms with E-state index in [2.05, 4.69) is 181 Å². The molecule has 5 aromatic rings. The first-order chi connectivity index (χ1) is 27.0. The second-order valence-electron chi connectivity index (χ2n) is 13.4. The molecule has 4 heteroatoms. The summed E-state index contributed by atoms with van der Waals surface area (Å²) >= 11 is 0. The Morgan fingerprint density at radius 1 is 0.782 bits per heavy atom. The Hall–Kier alpha value is -6.10. The van der Waals surface area contributed by atoms with E-state index >= 15 is 0 Å². The van der Waals surface area contributed by atoms with Crippen molar-refractivity contribution in [3.05, 3.63) is 193 Å². The molecule has 0 saturated carbocycles. The highest BCUT2D eigenvalue weighted by molar-refractivity contribution is 6.04. The molecule has 3 aliphatic heterocycles. The number of rotatable bonds is 4. The second-order valence-corrected chi connectivity index (χ2v) is 13.4. The van der Waals surface area contributed by atoms with Gasteiger partial charge >= 0.3 is 0 Å². The largest absolute Gasteiger partial charge is 0.336 e. The quantitative estimate of drug-likeness (QED) is 0.186. The van der Waals surface area contributed by atoms with Crippen molar-refractivity contribution in [2.24, 2.45) is 0 Å². The lowest BCUT2D eigenvalue weighted by atomic mass is 9.91. The van der Waals surface area contributed by atoms with Crippen molar-refractivity contribution < 1.29 is 0 Å². The molecule has 0 amide bonds. The molecule has 0 spiro atoms. The first-order valence-electron chi connectivity index (χ1n) is 19.6. The molecule has 8 rings (SSSR count). The molecule has 5 aromatic carbocycles. The number of anilines is 5. The van der Waals surface area contributed by atoms with Crippen LogP contribution in [0.1, 0.15) is 69.7 Å². The Bertz CT molecular complexity index is 2350. The lowest BCUT2D eigenvalue weighted by Gasteiger charge is -2.32. The average Bonchev–Trinajstić information content (AvgIpc) is 3.60. The minimum absolute atomic E-state index is 0.196. The summed E-state index contributed by atoms with van der Waals surface area (Å²) in [7, 11) is 0. The number of para-hydroxylation sites is 2. The third-order valence-corrected chi connectivity index (χ3v) is 10.2. The molecule has 0 aromatic heterocycles. The molecule has 1 unspecified atom stereocenters. The molecule has 55 heavy (non-hydrogen) atoms. The molecule has 1 N–H and O–H groups in total. The van der Waals surface area contributed by atoms with Crippen molar-refractivity contribution in [3.63, 3.8) is 0 Å². The van der Waals surface area contributed by atoms with Gasteiger partial charge in [-0.15, -0.1) is 0 Å². The minimum Gasteiger partial charge on any atom is -0.336 e. The van der Waals surface area contributed by atoms with E-state index in [-0.39, 0.29) is 5.92 Å². The average molecular weight is 723 g/mol. The third kappa shape index (κ3) is 7.38.